The minimum atomic E-state index is -4.28. The summed E-state index contributed by atoms with van der Waals surface area (Å²) in [4.78, 5) is 1.15. The zero-order valence-electron chi connectivity index (χ0n) is 9.28. The van der Waals surface area contributed by atoms with Gasteiger partial charge < -0.3 is 0 Å². The van der Waals surface area contributed by atoms with Gasteiger partial charge in [0.1, 0.15) is 5.82 Å². The maximum Gasteiger partial charge on any atom is 0.401 e. The van der Waals surface area contributed by atoms with Crippen LogP contribution in [0.15, 0.2) is 22.7 Å². The Hall–Kier alpha value is -0.140. The van der Waals surface area contributed by atoms with E-state index in [2.05, 4.69) is 31.9 Å². The van der Waals surface area contributed by atoms with Gasteiger partial charge in [0.2, 0.25) is 0 Å². The smallest absolute Gasteiger partial charge is 0.290 e. The van der Waals surface area contributed by atoms with Crippen LogP contribution in [0.4, 0.5) is 17.6 Å². The lowest BCUT2D eigenvalue weighted by Gasteiger charge is -2.23. The van der Waals surface area contributed by atoms with E-state index in [0.717, 1.165) is 4.90 Å². The molecule has 1 aromatic rings. The maximum atomic E-state index is 13.5. The molecule has 102 valence electrons. The average Bonchev–Trinajstić information content (AvgIpc) is 2.20. The fraction of sp³-hybridized carbons (Fsp3) is 0.455. The summed E-state index contributed by atoms with van der Waals surface area (Å²) in [5.41, 5.74) is 0.253. The Bertz CT molecular complexity index is 395. The van der Waals surface area contributed by atoms with E-state index in [1.807, 2.05) is 0 Å². The second-order valence-corrected chi connectivity index (χ2v) is 5.46. The van der Waals surface area contributed by atoms with Crippen LogP contribution < -0.4 is 0 Å². The molecule has 0 bridgehead atoms. The van der Waals surface area contributed by atoms with Crippen LogP contribution in [0.3, 0.4) is 0 Å². The first-order valence-corrected chi connectivity index (χ1v) is 7.02. The first kappa shape index (κ1) is 15.9. The van der Waals surface area contributed by atoms with E-state index >= 15 is 0 Å². The van der Waals surface area contributed by atoms with Gasteiger partial charge in [0.15, 0.2) is 0 Å². The molecule has 1 nitrogen and oxygen atoms in total. The lowest BCUT2D eigenvalue weighted by Crippen LogP contribution is -2.35. The third-order valence-corrected chi connectivity index (χ3v) is 3.06. The summed E-state index contributed by atoms with van der Waals surface area (Å²) in [7, 11) is 0. The van der Waals surface area contributed by atoms with Gasteiger partial charge in [0.05, 0.1) is 6.54 Å². The Balaban J connectivity index is 2.76. The second-order valence-electron chi connectivity index (χ2n) is 3.75. The Kier molecular flexibility index (Phi) is 6.07. The van der Waals surface area contributed by atoms with Gasteiger partial charge in [-0.05, 0) is 12.1 Å². The van der Waals surface area contributed by atoms with Crippen LogP contribution in [0.25, 0.3) is 0 Å². The van der Waals surface area contributed by atoms with E-state index in [4.69, 9.17) is 0 Å². The lowest BCUT2D eigenvalue weighted by atomic mass is 10.2. The molecule has 0 radical (unpaired) electrons. The van der Waals surface area contributed by atoms with Gasteiger partial charge in [-0.1, -0.05) is 37.9 Å². The molecule has 1 aromatic carbocycles. The van der Waals surface area contributed by atoms with Gasteiger partial charge in [-0.2, -0.15) is 13.2 Å². The van der Waals surface area contributed by atoms with Crippen molar-refractivity contribution in [2.75, 3.05) is 18.4 Å². The lowest BCUT2D eigenvalue weighted by molar-refractivity contribution is -0.146. The van der Waals surface area contributed by atoms with Gasteiger partial charge in [-0.3, -0.25) is 4.90 Å². The summed E-state index contributed by atoms with van der Waals surface area (Å²) >= 11 is 6.19. The molecular weight excluding hydrogens is 382 g/mol. The van der Waals surface area contributed by atoms with E-state index in [9.17, 15) is 17.6 Å². The van der Waals surface area contributed by atoms with Crippen molar-refractivity contribution < 1.29 is 17.6 Å². The molecule has 0 N–H and O–H groups in total. The Morgan fingerprint density at radius 1 is 1.22 bits per heavy atom. The molecule has 18 heavy (non-hydrogen) atoms. The number of nitrogens with zero attached hydrogens (tertiary/aromatic N) is 1. The van der Waals surface area contributed by atoms with E-state index in [1.54, 1.807) is 6.07 Å². The molecule has 1 rings (SSSR count). The molecule has 0 aliphatic rings. The molecule has 0 saturated carbocycles. The molecule has 0 amide bonds. The van der Waals surface area contributed by atoms with Crippen LogP contribution in [0.2, 0.25) is 0 Å². The molecule has 0 saturated heterocycles. The third-order valence-electron chi connectivity index (χ3n) is 2.21. The SMILES string of the molecule is Fc1cc(Br)ccc1CN(CCBr)CC(F)(F)F. The first-order valence-electron chi connectivity index (χ1n) is 5.11. The molecule has 0 fully saturated rings. The molecule has 7 heteroatoms. The largest absolute Gasteiger partial charge is 0.401 e. The molecule has 0 heterocycles. The van der Waals surface area contributed by atoms with Crippen molar-refractivity contribution in [1.29, 1.82) is 0 Å². The topological polar surface area (TPSA) is 3.24 Å². The fourth-order valence-corrected chi connectivity index (χ4v) is 2.31. The predicted octanol–water partition coefficient (Wildman–Crippen LogP) is 4.35. The zero-order valence-corrected chi connectivity index (χ0v) is 12.4. The first-order chi connectivity index (χ1) is 8.31. The highest BCUT2D eigenvalue weighted by Gasteiger charge is 2.30. The van der Waals surface area contributed by atoms with Crippen LogP contribution in [0, 0.1) is 5.82 Å². The van der Waals surface area contributed by atoms with Crippen molar-refractivity contribution in [2.24, 2.45) is 0 Å². The summed E-state index contributed by atoms with van der Waals surface area (Å²) in [5.74, 6) is -0.508. The van der Waals surface area contributed by atoms with Crippen molar-refractivity contribution in [1.82, 2.24) is 4.90 Å². The van der Waals surface area contributed by atoms with Crippen molar-refractivity contribution in [3.8, 4) is 0 Å². The third kappa shape index (κ3) is 5.67. The summed E-state index contributed by atoms with van der Waals surface area (Å²) in [5, 5.41) is 0.404. The maximum absolute atomic E-state index is 13.5. The van der Waals surface area contributed by atoms with Gasteiger partial charge in [0.25, 0.3) is 0 Å². The average molecular weight is 393 g/mol. The number of halogens is 6. The van der Waals surface area contributed by atoms with Gasteiger partial charge in [0, 0.05) is 28.5 Å². The molecule has 0 unspecified atom stereocenters. The predicted molar refractivity (Wildman–Crippen MR) is 69.2 cm³/mol. The summed E-state index contributed by atoms with van der Waals surface area (Å²) in [6.07, 6.45) is -4.28. The van der Waals surface area contributed by atoms with Crippen LogP contribution in [-0.4, -0.2) is 29.5 Å². The highest BCUT2D eigenvalue weighted by molar-refractivity contribution is 9.10. The molecule has 0 spiro atoms. The summed E-state index contributed by atoms with van der Waals surface area (Å²) < 4.78 is 51.1. The van der Waals surface area contributed by atoms with E-state index in [-0.39, 0.29) is 18.7 Å². The van der Waals surface area contributed by atoms with Crippen LogP contribution >= 0.6 is 31.9 Å². The fourth-order valence-electron chi connectivity index (χ4n) is 1.48. The highest BCUT2D eigenvalue weighted by atomic mass is 79.9. The molecule has 0 aliphatic carbocycles. The van der Waals surface area contributed by atoms with E-state index in [0.29, 0.717) is 9.80 Å². The zero-order chi connectivity index (χ0) is 13.8. The number of benzene rings is 1. The Labute approximate surface area is 119 Å². The van der Waals surface area contributed by atoms with Crippen LogP contribution in [0.1, 0.15) is 5.56 Å². The minimum Gasteiger partial charge on any atom is -0.290 e. The van der Waals surface area contributed by atoms with Crippen molar-refractivity contribution in [3.05, 3.63) is 34.1 Å². The van der Waals surface area contributed by atoms with Crippen molar-refractivity contribution in [2.45, 2.75) is 12.7 Å². The number of rotatable bonds is 5. The molecule has 0 aromatic heterocycles. The summed E-state index contributed by atoms with van der Waals surface area (Å²) in [6.45, 7) is -0.909. The normalized spacial score (nSPS) is 12.2. The quantitative estimate of drug-likeness (QED) is 0.532. The second kappa shape index (κ2) is 6.86. The Morgan fingerprint density at radius 2 is 1.89 bits per heavy atom. The molecule has 0 atom stereocenters. The number of hydrogen-bond acceptors (Lipinski definition) is 1. The summed E-state index contributed by atoms with van der Waals surface area (Å²) in [6, 6.07) is 4.34. The van der Waals surface area contributed by atoms with E-state index in [1.165, 1.54) is 12.1 Å². The van der Waals surface area contributed by atoms with Crippen LogP contribution in [0.5, 0.6) is 0 Å². The molecule has 0 aliphatic heterocycles. The van der Waals surface area contributed by atoms with Gasteiger partial charge in [-0.15, -0.1) is 0 Å². The number of hydrogen-bond donors (Lipinski definition) is 0. The molecular formula is C11H11Br2F4N. The Morgan fingerprint density at radius 3 is 2.39 bits per heavy atom. The van der Waals surface area contributed by atoms with Crippen molar-refractivity contribution >= 4 is 31.9 Å². The van der Waals surface area contributed by atoms with E-state index < -0.39 is 18.5 Å². The standard InChI is InChI=1S/C11H11Br2F4N/c12-3-4-18(7-11(15,16)17)6-8-1-2-9(13)5-10(8)14/h1-2,5H,3-4,6-7H2. The highest BCUT2D eigenvalue weighted by Crippen LogP contribution is 2.20. The van der Waals surface area contributed by atoms with Crippen LogP contribution in [-0.2, 0) is 6.54 Å². The van der Waals surface area contributed by atoms with Crippen molar-refractivity contribution in [3.63, 3.8) is 0 Å². The minimum absolute atomic E-state index is 0.0653. The van der Waals surface area contributed by atoms with Gasteiger partial charge >= 0.3 is 6.18 Å². The van der Waals surface area contributed by atoms with Gasteiger partial charge in [-0.25, -0.2) is 4.39 Å². The number of alkyl halides is 4. The monoisotopic (exact) mass is 391 g/mol.